The molecule has 0 aromatic heterocycles. The lowest BCUT2D eigenvalue weighted by Gasteiger charge is -2.18. The van der Waals surface area contributed by atoms with Gasteiger partial charge in [-0.25, -0.2) is 0 Å². The fourth-order valence-corrected chi connectivity index (χ4v) is 9.19. The lowest BCUT2D eigenvalue weighted by molar-refractivity contribution is -0.167. The van der Waals surface area contributed by atoms with Gasteiger partial charge in [-0.15, -0.1) is 0 Å². The molecule has 1 atom stereocenters. The van der Waals surface area contributed by atoms with Crippen molar-refractivity contribution in [2.24, 2.45) is 0 Å². The number of unbranched alkanes of at least 4 members (excludes halogenated alkanes) is 27. The van der Waals surface area contributed by atoms with E-state index in [4.69, 9.17) is 14.2 Å². The van der Waals surface area contributed by atoms with Crippen LogP contribution in [0.3, 0.4) is 0 Å². The SMILES string of the molecule is CC/C=C\C/C=C\C/C=C\C/C=C\C/C=C\C/C=C\C/C=C\CCCC(=O)OC(COC(=O)CCCCCCCCCCCCCC/C=C\C/C=C\C/C=C\C/C=C\CC)COC(=O)CCCCCCCCCCCCCCCCC. The standard InChI is InChI=1S/C75H124O6/c1-4-7-10-13-16-19-22-25-28-30-32-34-36-37-39-40-42-44-47-50-53-56-59-62-65-68-74(77)80-71-72(70-79-73(76)67-64-61-58-55-52-49-46-27-24-21-18-15-12-9-6-3)81-75(78)69-66-63-60-57-54-51-48-45-43-41-38-35-33-31-29-26-23-20-17-14-11-8-5-2/h7-8,10-11,16-17,19-20,25-26,28-29,32-35,41,43,48,51,57,60,72H,4-6,9,12-15,18,21-24,27,30-31,36-40,42,44-47,49-50,52-56,58-59,61-71H2,1-3H3/b10-7-,11-8-,19-16-,20-17-,28-25-,29-26-,34-32-,35-33-,43-41-,51-48-,60-57-. The second-order valence-electron chi connectivity index (χ2n) is 22.0. The van der Waals surface area contributed by atoms with Crippen LogP contribution in [0.4, 0.5) is 0 Å². The van der Waals surface area contributed by atoms with Gasteiger partial charge in [0.05, 0.1) is 0 Å². The molecule has 0 aromatic rings. The van der Waals surface area contributed by atoms with Gasteiger partial charge in [0.25, 0.3) is 0 Å². The topological polar surface area (TPSA) is 78.9 Å². The Labute approximate surface area is 500 Å². The third kappa shape index (κ3) is 66.2. The predicted octanol–water partition coefficient (Wildman–Crippen LogP) is 23.3. The summed E-state index contributed by atoms with van der Waals surface area (Å²) >= 11 is 0. The summed E-state index contributed by atoms with van der Waals surface area (Å²) in [6, 6.07) is 0. The molecule has 0 heterocycles. The third-order valence-electron chi connectivity index (χ3n) is 14.2. The van der Waals surface area contributed by atoms with E-state index in [1.165, 1.54) is 141 Å². The highest BCUT2D eigenvalue weighted by Gasteiger charge is 2.19. The van der Waals surface area contributed by atoms with E-state index in [0.717, 1.165) is 116 Å². The maximum Gasteiger partial charge on any atom is 0.306 e. The van der Waals surface area contributed by atoms with E-state index in [1.807, 2.05) is 0 Å². The number of rotatable bonds is 60. The number of esters is 3. The van der Waals surface area contributed by atoms with Crippen LogP contribution in [-0.4, -0.2) is 37.2 Å². The Morgan fingerprint density at radius 3 is 0.790 bits per heavy atom. The van der Waals surface area contributed by atoms with Crippen molar-refractivity contribution in [3.8, 4) is 0 Å². The first-order valence-corrected chi connectivity index (χ1v) is 33.7. The minimum Gasteiger partial charge on any atom is -0.462 e. The Kier molecular flexibility index (Phi) is 64.3. The van der Waals surface area contributed by atoms with Crippen LogP contribution >= 0.6 is 0 Å². The molecule has 0 radical (unpaired) electrons. The molecular weight excluding hydrogens is 997 g/mol. The summed E-state index contributed by atoms with van der Waals surface area (Å²) in [5, 5.41) is 0. The van der Waals surface area contributed by atoms with Crippen LogP contribution in [0.1, 0.15) is 303 Å². The summed E-state index contributed by atoms with van der Waals surface area (Å²) in [7, 11) is 0. The summed E-state index contributed by atoms with van der Waals surface area (Å²) in [5.74, 6) is -0.956. The van der Waals surface area contributed by atoms with Crippen molar-refractivity contribution in [2.75, 3.05) is 13.2 Å². The van der Waals surface area contributed by atoms with Crippen molar-refractivity contribution in [3.05, 3.63) is 134 Å². The highest BCUT2D eigenvalue weighted by molar-refractivity contribution is 5.71. The zero-order valence-corrected chi connectivity index (χ0v) is 52.8. The minimum atomic E-state index is -0.814. The molecule has 6 heteroatoms. The zero-order chi connectivity index (χ0) is 58.5. The lowest BCUT2D eigenvalue weighted by atomic mass is 10.0. The zero-order valence-electron chi connectivity index (χ0n) is 52.8. The average molecular weight is 1120 g/mol. The molecule has 0 aromatic carbocycles. The van der Waals surface area contributed by atoms with Crippen LogP contribution < -0.4 is 0 Å². The summed E-state index contributed by atoms with van der Waals surface area (Å²) in [6.07, 6.45) is 96.1. The average Bonchev–Trinajstić information content (AvgIpc) is 3.47. The smallest absolute Gasteiger partial charge is 0.306 e. The van der Waals surface area contributed by atoms with Gasteiger partial charge in [-0.05, 0) is 109 Å². The molecule has 0 aliphatic heterocycles. The quantitative estimate of drug-likeness (QED) is 0.0261. The van der Waals surface area contributed by atoms with Gasteiger partial charge >= 0.3 is 17.9 Å². The van der Waals surface area contributed by atoms with Crippen molar-refractivity contribution >= 4 is 17.9 Å². The molecule has 1 unspecified atom stereocenters. The van der Waals surface area contributed by atoms with Gasteiger partial charge in [-0.3, -0.25) is 14.4 Å². The Balaban J connectivity index is 4.44. The molecule has 460 valence electrons. The number of carbonyl (C=O) groups excluding carboxylic acids is 3. The summed E-state index contributed by atoms with van der Waals surface area (Å²) < 4.78 is 16.9. The Bertz CT molecular complexity index is 1720. The Hall–Kier alpha value is -4.45. The number of hydrogen-bond acceptors (Lipinski definition) is 6. The van der Waals surface area contributed by atoms with E-state index in [2.05, 4.69) is 154 Å². The molecule has 0 rings (SSSR count). The molecule has 0 aliphatic carbocycles. The van der Waals surface area contributed by atoms with E-state index in [1.54, 1.807) is 0 Å². The van der Waals surface area contributed by atoms with Crippen LogP contribution in [0, 0.1) is 0 Å². The largest absolute Gasteiger partial charge is 0.462 e. The molecule has 0 N–H and O–H groups in total. The monoisotopic (exact) mass is 1120 g/mol. The second-order valence-corrected chi connectivity index (χ2v) is 22.0. The van der Waals surface area contributed by atoms with Crippen LogP contribution in [0.2, 0.25) is 0 Å². The van der Waals surface area contributed by atoms with Gasteiger partial charge in [-0.1, -0.05) is 309 Å². The Morgan fingerprint density at radius 1 is 0.259 bits per heavy atom. The van der Waals surface area contributed by atoms with Crippen LogP contribution in [0.15, 0.2) is 134 Å². The molecule has 0 spiro atoms. The van der Waals surface area contributed by atoms with Crippen LogP contribution in [0.25, 0.3) is 0 Å². The molecule has 0 aliphatic rings. The van der Waals surface area contributed by atoms with Crippen molar-refractivity contribution in [1.82, 2.24) is 0 Å². The van der Waals surface area contributed by atoms with Gasteiger partial charge in [0.15, 0.2) is 6.10 Å². The van der Waals surface area contributed by atoms with E-state index >= 15 is 0 Å². The number of hydrogen-bond donors (Lipinski definition) is 0. The fraction of sp³-hybridized carbons (Fsp3) is 0.667. The first kappa shape index (κ1) is 76.5. The maximum atomic E-state index is 12.9. The lowest BCUT2D eigenvalue weighted by Crippen LogP contribution is -2.30. The molecule has 0 fully saturated rings. The second kappa shape index (κ2) is 68.1. The normalized spacial score (nSPS) is 13.0. The van der Waals surface area contributed by atoms with Gasteiger partial charge in [-0.2, -0.15) is 0 Å². The maximum absolute atomic E-state index is 12.9. The van der Waals surface area contributed by atoms with Gasteiger partial charge in [0, 0.05) is 19.3 Å². The van der Waals surface area contributed by atoms with E-state index in [0.29, 0.717) is 19.3 Å². The first-order valence-electron chi connectivity index (χ1n) is 33.7. The first-order chi connectivity index (χ1) is 40.0. The predicted molar refractivity (Wildman–Crippen MR) is 353 cm³/mol. The molecule has 6 nitrogen and oxygen atoms in total. The van der Waals surface area contributed by atoms with E-state index in [-0.39, 0.29) is 37.5 Å². The van der Waals surface area contributed by atoms with Gasteiger partial charge in [0.1, 0.15) is 13.2 Å². The molecule has 81 heavy (non-hydrogen) atoms. The van der Waals surface area contributed by atoms with Crippen LogP contribution in [0.5, 0.6) is 0 Å². The number of allylic oxidation sites excluding steroid dienone is 22. The molecule has 0 saturated carbocycles. The summed E-state index contributed by atoms with van der Waals surface area (Å²) in [4.78, 5) is 38.4. The third-order valence-corrected chi connectivity index (χ3v) is 14.2. The van der Waals surface area contributed by atoms with Crippen molar-refractivity contribution in [1.29, 1.82) is 0 Å². The van der Waals surface area contributed by atoms with Crippen molar-refractivity contribution in [3.63, 3.8) is 0 Å². The van der Waals surface area contributed by atoms with Crippen molar-refractivity contribution < 1.29 is 28.6 Å². The van der Waals surface area contributed by atoms with Gasteiger partial charge in [0.2, 0.25) is 0 Å². The highest BCUT2D eigenvalue weighted by atomic mass is 16.6. The van der Waals surface area contributed by atoms with E-state index < -0.39 is 6.10 Å². The molecule has 0 saturated heterocycles. The highest BCUT2D eigenvalue weighted by Crippen LogP contribution is 2.16. The number of ether oxygens (including phenoxy) is 3. The molecular formula is C75H124O6. The van der Waals surface area contributed by atoms with Gasteiger partial charge < -0.3 is 14.2 Å². The van der Waals surface area contributed by atoms with Crippen molar-refractivity contribution in [2.45, 2.75) is 309 Å². The summed E-state index contributed by atoms with van der Waals surface area (Å²) in [6.45, 7) is 6.39. The fourth-order valence-electron chi connectivity index (χ4n) is 9.19. The van der Waals surface area contributed by atoms with Crippen LogP contribution in [-0.2, 0) is 28.6 Å². The molecule has 0 amide bonds. The number of carbonyl (C=O) groups is 3. The minimum absolute atomic E-state index is 0.102. The van der Waals surface area contributed by atoms with E-state index in [9.17, 15) is 14.4 Å². The Morgan fingerprint density at radius 2 is 0.494 bits per heavy atom. The molecule has 0 bridgehead atoms. The summed E-state index contributed by atoms with van der Waals surface area (Å²) in [5.41, 5.74) is 0.